The lowest BCUT2D eigenvalue weighted by molar-refractivity contribution is 0.390. The van der Waals surface area contributed by atoms with Crippen molar-refractivity contribution >= 4 is 46.4 Å². The predicted octanol–water partition coefficient (Wildman–Crippen LogP) is 6.16. The van der Waals surface area contributed by atoms with Gasteiger partial charge in [0.15, 0.2) is 0 Å². The van der Waals surface area contributed by atoms with Gasteiger partial charge in [0.05, 0.1) is 21.8 Å². The first kappa shape index (κ1) is 21.4. The van der Waals surface area contributed by atoms with Crippen molar-refractivity contribution < 1.29 is 0 Å². The molecule has 1 heterocycles. The predicted molar refractivity (Wildman–Crippen MR) is 117 cm³/mol. The summed E-state index contributed by atoms with van der Waals surface area (Å²) in [7, 11) is 0. The maximum Gasteiger partial charge on any atom is 0.102 e. The molecule has 28 heavy (non-hydrogen) atoms. The SMILES string of the molecule is CC(C)(NCc1cc(Cl)cc(Cl)c1)c1cn(CCc2ccc(Cl)c(Cl)c2)nn1. The molecule has 0 spiro atoms. The van der Waals surface area contributed by atoms with Crippen LogP contribution in [0.3, 0.4) is 0 Å². The van der Waals surface area contributed by atoms with Crippen molar-refractivity contribution in [2.75, 3.05) is 0 Å². The summed E-state index contributed by atoms with van der Waals surface area (Å²) in [5, 5.41) is 14.4. The lowest BCUT2D eigenvalue weighted by Gasteiger charge is -2.24. The number of rotatable bonds is 7. The molecule has 0 saturated carbocycles. The first-order valence-corrected chi connectivity index (χ1v) is 10.3. The molecule has 1 aromatic heterocycles. The van der Waals surface area contributed by atoms with E-state index in [0.29, 0.717) is 33.2 Å². The van der Waals surface area contributed by atoms with Crippen LogP contribution in [0.4, 0.5) is 0 Å². The van der Waals surface area contributed by atoms with Crippen molar-refractivity contribution in [2.45, 2.75) is 38.9 Å². The zero-order chi connectivity index (χ0) is 20.3. The van der Waals surface area contributed by atoms with Crippen LogP contribution in [0.5, 0.6) is 0 Å². The first-order valence-electron chi connectivity index (χ1n) is 8.77. The van der Waals surface area contributed by atoms with Gasteiger partial charge in [0.25, 0.3) is 0 Å². The number of hydrogen-bond acceptors (Lipinski definition) is 3. The Labute approximate surface area is 184 Å². The van der Waals surface area contributed by atoms with Crippen LogP contribution in [0.1, 0.15) is 30.7 Å². The Kier molecular flexibility index (Phi) is 6.89. The summed E-state index contributed by atoms with van der Waals surface area (Å²) in [6.07, 6.45) is 2.74. The Bertz CT molecular complexity index is 948. The molecule has 0 saturated heterocycles. The number of nitrogens with one attached hydrogen (secondary N) is 1. The molecule has 8 heteroatoms. The number of aryl methyl sites for hydroxylation is 2. The van der Waals surface area contributed by atoms with Crippen molar-refractivity contribution in [3.05, 3.63) is 79.5 Å². The van der Waals surface area contributed by atoms with E-state index in [-0.39, 0.29) is 5.54 Å². The lowest BCUT2D eigenvalue weighted by atomic mass is 10.0. The molecule has 0 aliphatic heterocycles. The second-order valence-corrected chi connectivity index (χ2v) is 8.81. The first-order chi connectivity index (χ1) is 13.2. The van der Waals surface area contributed by atoms with Gasteiger partial charge in [0, 0.05) is 23.1 Å². The Morgan fingerprint density at radius 3 is 2.32 bits per heavy atom. The van der Waals surface area contributed by atoms with Gasteiger partial charge in [-0.2, -0.15) is 0 Å². The van der Waals surface area contributed by atoms with Gasteiger partial charge in [-0.25, -0.2) is 0 Å². The van der Waals surface area contributed by atoms with Gasteiger partial charge in [-0.3, -0.25) is 4.68 Å². The summed E-state index contributed by atoms with van der Waals surface area (Å²) in [6, 6.07) is 11.2. The summed E-state index contributed by atoms with van der Waals surface area (Å²) in [5.41, 5.74) is 2.60. The van der Waals surface area contributed by atoms with E-state index in [1.165, 1.54) is 0 Å². The van der Waals surface area contributed by atoms with E-state index in [9.17, 15) is 0 Å². The summed E-state index contributed by atoms with van der Waals surface area (Å²) in [4.78, 5) is 0. The third-order valence-electron chi connectivity index (χ3n) is 4.45. The number of halogens is 4. The molecule has 0 unspecified atom stereocenters. The maximum atomic E-state index is 6.07. The minimum absolute atomic E-state index is 0.364. The van der Waals surface area contributed by atoms with Crippen LogP contribution >= 0.6 is 46.4 Å². The van der Waals surface area contributed by atoms with Crippen LogP contribution < -0.4 is 5.32 Å². The zero-order valence-corrected chi connectivity index (χ0v) is 18.5. The maximum absolute atomic E-state index is 6.07. The summed E-state index contributed by atoms with van der Waals surface area (Å²) >= 11 is 24.2. The molecule has 3 rings (SSSR count). The van der Waals surface area contributed by atoms with Gasteiger partial charge in [-0.05, 0) is 61.7 Å². The molecular formula is C20H20Cl4N4. The molecule has 0 amide bonds. The Morgan fingerprint density at radius 2 is 1.64 bits per heavy atom. The molecule has 0 aliphatic carbocycles. The molecule has 1 N–H and O–H groups in total. The minimum atomic E-state index is -0.364. The standard InChI is InChI=1S/C20H20Cl4N4/c1-20(2,25-11-14-7-15(21)10-16(22)8-14)19-12-28(27-26-19)6-5-13-3-4-17(23)18(24)9-13/h3-4,7-10,12,25H,5-6,11H2,1-2H3. The second-order valence-electron chi connectivity index (χ2n) is 7.12. The highest BCUT2D eigenvalue weighted by molar-refractivity contribution is 6.42. The zero-order valence-electron chi connectivity index (χ0n) is 15.5. The fourth-order valence-corrected chi connectivity index (χ4v) is 3.65. The highest BCUT2D eigenvalue weighted by atomic mass is 35.5. The van der Waals surface area contributed by atoms with Gasteiger partial charge >= 0.3 is 0 Å². The van der Waals surface area contributed by atoms with Gasteiger partial charge in [-0.15, -0.1) is 5.10 Å². The molecule has 2 aromatic carbocycles. The van der Waals surface area contributed by atoms with Crippen LogP contribution in [0.2, 0.25) is 20.1 Å². The van der Waals surface area contributed by atoms with Crippen molar-refractivity contribution in [3.8, 4) is 0 Å². The van der Waals surface area contributed by atoms with E-state index in [2.05, 4.69) is 29.5 Å². The van der Waals surface area contributed by atoms with Gasteiger partial charge in [0.1, 0.15) is 5.69 Å². The monoisotopic (exact) mass is 456 g/mol. The molecule has 0 fully saturated rings. The molecule has 4 nitrogen and oxygen atoms in total. The van der Waals surface area contributed by atoms with E-state index < -0.39 is 0 Å². The van der Waals surface area contributed by atoms with Crippen molar-refractivity contribution in [1.82, 2.24) is 20.3 Å². The minimum Gasteiger partial charge on any atom is -0.302 e. The quantitative estimate of drug-likeness (QED) is 0.461. The Morgan fingerprint density at radius 1 is 0.929 bits per heavy atom. The topological polar surface area (TPSA) is 42.7 Å². The fourth-order valence-electron chi connectivity index (χ4n) is 2.76. The van der Waals surface area contributed by atoms with Crippen molar-refractivity contribution in [2.24, 2.45) is 0 Å². The number of aromatic nitrogens is 3. The average molecular weight is 458 g/mol. The third-order valence-corrected chi connectivity index (χ3v) is 5.62. The van der Waals surface area contributed by atoms with E-state index in [1.54, 1.807) is 12.1 Å². The average Bonchev–Trinajstić information content (AvgIpc) is 3.10. The Balaban J connectivity index is 1.61. The van der Waals surface area contributed by atoms with E-state index in [0.717, 1.165) is 23.2 Å². The van der Waals surface area contributed by atoms with Crippen LogP contribution in [-0.2, 0) is 25.0 Å². The largest absolute Gasteiger partial charge is 0.302 e. The van der Waals surface area contributed by atoms with Gasteiger partial charge < -0.3 is 5.32 Å². The van der Waals surface area contributed by atoms with E-state index in [4.69, 9.17) is 46.4 Å². The molecule has 0 atom stereocenters. The van der Waals surface area contributed by atoms with Crippen molar-refractivity contribution in [3.63, 3.8) is 0 Å². The summed E-state index contributed by atoms with van der Waals surface area (Å²) < 4.78 is 1.83. The van der Waals surface area contributed by atoms with Crippen LogP contribution in [0.25, 0.3) is 0 Å². The summed E-state index contributed by atoms with van der Waals surface area (Å²) in [6.45, 7) is 5.44. The van der Waals surface area contributed by atoms with Crippen LogP contribution in [0.15, 0.2) is 42.6 Å². The van der Waals surface area contributed by atoms with Crippen molar-refractivity contribution in [1.29, 1.82) is 0 Å². The van der Waals surface area contributed by atoms with Crippen LogP contribution in [-0.4, -0.2) is 15.0 Å². The summed E-state index contributed by atoms with van der Waals surface area (Å²) in [5.74, 6) is 0. The highest BCUT2D eigenvalue weighted by Gasteiger charge is 2.23. The molecular weight excluding hydrogens is 438 g/mol. The van der Waals surface area contributed by atoms with E-state index >= 15 is 0 Å². The van der Waals surface area contributed by atoms with E-state index in [1.807, 2.05) is 35.1 Å². The smallest absolute Gasteiger partial charge is 0.102 e. The normalized spacial score (nSPS) is 11.8. The van der Waals surface area contributed by atoms with Gasteiger partial charge in [-0.1, -0.05) is 57.7 Å². The lowest BCUT2D eigenvalue weighted by Crippen LogP contribution is -2.36. The molecule has 0 aliphatic rings. The number of nitrogens with zero attached hydrogens (tertiary/aromatic N) is 3. The molecule has 0 bridgehead atoms. The molecule has 148 valence electrons. The fraction of sp³-hybridized carbons (Fsp3) is 0.300. The number of hydrogen-bond donors (Lipinski definition) is 1. The Hall–Kier alpha value is -1.30. The number of benzene rings is 2. The second kappa shape index (κ2) is 9.02. The van der Waals surface area contributed by atoms with Crippen LogP contribution in [0, 0.1) is 0 Å². The molecule has 3 aromatic rings. The third kappa shape index (κ3) is 5.62. The van der Waals surface area contributed by atoms with Gasteiger partial charge in [0.2, 0.25) is 0 Å². The highest BCUT2D eigenvalue weighted by Crippen LogP contribution is 2.24. The molecule has 0 radical (unpaired) electrons.